The van der Waals surface area contributed by atoms with Crippen LogP contribution in [0.3, 0.4) is 0 Å². The van der Waals surface area contributed by atoms with Crippen molar-refractivity contribution in [3.05, 3.63) is 28.3 Å². The zero-order chi connectivity index (χ0) is 14.0. The number of hydrogen-bond acceptors (Lipinski definition) is 4. The Morgan fingerprint density at radius 1 is 1.32 bits per heavy atom. The van der Waals surface area contributed by atoms with Crippen molar-refractivity contribution in [1.82, 2.24) is 0 Å². The highest BCUT2D eigenvalue weighted by Gasteiger charge is 2.24. The van der Waals surface area contributed by atoms with E-state index in [1.54, 1.807) is 19.2 Å². The molecule has 5 nitrogen and oxygen atoms in total. The minimum Gasteiger partial charge on any atom is -0.494 e. The van der Waals surface area contributed by atoms with Crippen LogP contribution >= 0.6 is 0 Å². The van der Waals surface area contributed by atoms with Crippen molar-refractivity contribution in [3.63, 3.8) is 0 Å². The number of nitrogens with zero attached hydrogens (tertiary/aromatic N) is 2. The number of anilines is 1. The van der Waals surface area contributed by atoms with E-state index < -0.39 is 4.92 Å². The quantitative estimate of drug-likeness (QED) is 0.622. The fourth-order valence-electron chi connectivity index (χ4n) is 2.90. The first-order valence-corrected chi connectivity index (χ1v) is 6.58. The summed E-state index contributed by atoms with van der Waals surface area (Å²) in [6, 6.07) is 4.84. The zero-order valence-electron chi connectivity index (χ0n) is 11.6. The van der Waals surface area contributed by atoms with Crippen molar-refractivity contribution in [2.75, 3.05) is 25.1 Å². The predicted molar refractivity (Wildman–Crippen MR) is 74.8 cm³/mol. The number of nitro benzene ring substituents is 1. The molecule has 0 N–H and O–H groups in total. The van der Waals surface area contributed by atoms with Crippen LogP contribution in [0, 0.1) is 22.0 Å². The maximum atomic E-state index is 10.8. The van der Waals surface area contributed by atoms with E-state index in [-0.39, 0.29) is 5.69 Å². The molecule has 0 amide bonds. The van der Waals surface area contributed by atoms with Gasteiger partial charge < -0.3 is 9.64 Å². The molecular weight excluding hydrogens is 244 g/mol. The molecule has 1 fully saturated rings. The molecule has 2 atom stereocenters. The first-order chi connectivity index (χ1) is 9.01. The van der Waals surface area contributed by atoms with Gasteiger partial charge in [0.1, 0.15) is 5.75 Å². The second kappa shape index (κ2) is 5.47. The van der Waals surface area contributed by atoms with Crippen LogP contribution in [-0.2, 0) is 0 Å². The molecular formula is C14H20N2O3. The summed E-state index contributed by atoms with van der Waals surface area (Å²) in [5.74, 6) is 1.84. The van der Waals surface area contributed by atoms with E-state index in [1.807, 2.05) is 0 Å². The second-order valence-electron chi connectivity index (χ2n) is 5.46. The van der Waals surface area contributed by atoms with Crippen LogP contribution in [0.1, 0.15) is 20.3 Å². The smallest absolute Gasteiger partial charge is 0.273 e. The van der Waals surface area contributed by atoms with Gasteiger partial charge in [-0.1, -0.05) is 13.8 Å². The summed E-state index contributed by atoms with van der Waals surface area (Å²) in [6.07, 6.45) is 1.23. The van der Waals surface area contributed by atoms with Crippen molar-refractivity contribution in [2.45, 2.75) is 20.3 Å². The molecule has 1 aliphatic rings. The van der Waals surface area contributed by atoms with Crippen LogP contribution in [0.15, 0.2) is 18.2 Å². The summed E-state index contributed by atoms with van der Waals surface area (Å²) in [4.78, 5) is 12.7. The molecule has 1 saturated heterocycles. The summed E-state index contributed by atoms with van der Waals surface area (Å²) in [5.41, 5.74) is 1.02. The molecule has 1 aliphatic heterocycles. The lowest BCUT2D eigenvalue weighted by molar-refractivity contribution is -0.384. The van der Waals surface area contributed by atoms with Gasteiger partial charge in [0.2, 0.25) is 0 Å². The van der Waals surface area contributed by atoms with E-state index >= 15 is 0 Å². The number of ether oxygens (including phenoxy) is 1. The van der Waals surface area contributed by atoms with E-state index in [9.17, 15) is 10.1 Å². The van der Waals surface area contributed by atoms with Crippen molar-refractivity contribution in [3.8, 4) is 5.75 Å². The molecule has 104 valence electrons. The Balaban J connectivity index is 2.30. The second-order valence-corrected chi connectivity index (χ2v) is 5.46. The topological polar surface area (TPSA) is 55.6 Å². The summed E-state index contributed by atoms with van der Waals surface area (Å²) in [7, 11) is 1.55. The number of rotatable bonds is 3. The largest absolute Gasteiger partial charge is 0.494 e. The van der Waals surface area contributed by atoms with Gasteiger partial charge in [0, 0.05) is 19.2 Å². The fourth-order valence-corrected chi connectivity index (χ4v) is 2.90. The Morgan fingerprint density at radius 3 is 2.47 bits per heavy atom. The lowest BCUT2D eigenvalue weighted by Crippen LogP contribution is -2.38. The standard InChI is InChI=1S/C14H20N2O3/c1-10-6-11(2)9-15(8-10)13-5-4-12(16(17)18)7-14(13)19-3/h4-5,7,10-11H,6,8-9H2,1-3H3. The minimum absolute atomic E-state index is 0.0682. The molecule has 1 heterocycles. The van der Waals surface area contributed by atoms with Crippen LogP contribution in [0.25, 0.3) is 0 Å². The Labute approximate surface area is 113 Å². The number of hydrogen-bond donors (Lipinski definition) is 0. The third-order valence-corrected chi connectivity index (χ3v) is 3.58. The van der Waals surface area contributed by atoms with Crippen LogP contribution < -0.4 is 9.64 Å². The molecule has 0 aliphatic carbocycles. The molecule has 0 saturated carbocycles. The average Bonchev–Trinajstić information content (AvgIpc) is 2.36. The van der Waals surface area contributed by atoms with E-state index in [1.165, 1.54) is 12.5 Å². The van der Waals surface area contributed by atoms with Gasteiger partial charge in [-0.3, -0.25) is 10.1 Å². The lowest BCUT2D eigenvalue weighted by Gasteiger charge is -2.37. The van der Waals surface area contributed by atoms with Gasteiger partial charge in [0.25, 0.3) is 5.69 Å². The molecule has 2 unspecified atom stereocenters. The van der Waals surface area contributed by atoms with Crippen LogP contribution in [0.5, 0.6) is 5.75 Å². The van der Waals surface area contributed by atoms with Crippen molar-refractivity contribution in [1.29, 1.82) is 0 Å². The SMILES string of the molecule is COc1cc([N+](=O)[O-])ccc1N1CC(C)CC(C)C1. The molecule has 0 aromatic heterocycles. The molecule has 2 rings (SSSR count). The Kier molecular flexibility index (Phi) is 3.93. The Hall–Kier alpha value is -1.78. The molecule has 19 heavy (non-hydrogen) atoms. The Bertz CT molecular complexity index is 466. The summed E-state index contributed by atoms with van der Waals surface area (Å²) in [5, 5.41) is 10.8. The molecule has 5 heteroatoms. The van der Waals surface area contributed by atoms with E-state index in [0.717, 1.165) is 18.8 Å². The first kappa shape index (κ1) is 13.6. The van der Waals surface area contributed by atoms with Gasteiger partial charge in [-0.25, -0.2) is 0 Å². The van der Waals surface area contributed by atoms with Gasteiger partial charge in [-0.15, -0.1) is 0 Å². The monoisotopic (exact) mass is 264 g/mol. The predicted octanol–water partition coefficient (Wildman–Crippen LogP) is 3.09. The van der Waals surface area contributed by atoms with Gasteiger partial charge >= 0.3 is 0 Å². The first-order valence-electron chi connectivity index (χ1n) is 6.58. The van der Waals surface area contributed by atoms with Crippen LogP contribution in [0.2, 0.25) is 0 Å². The van der Waals surface area contributed by atoms with Crippen LogP contribution in [-0.4, -0.2) is 25.1 Å². The normalized spacial score (nSPS) is 23.2. The fraction of sp³-hybridized carbons (Fsp3) is 0.571. The number of non-ortho nitro benzene ring substituents is 1. The molecule has 1 aromatic rings. The summed E-state index contributed by atoms with van der Waals surface area (Å²) in [6.45, 7) is 6.41. The van der Waals surface area contributed by atoms with Crippen molar-refractivity contribution >= 4 is 11.4 Å². The number of piperidine rings is 1. The van der Waals surface area contributed by atoms with E-state index in [4.69, 9.17) is 4.74 Å². The van der Waals surface area contributed by atoms with E-state index in [0.29, 0.717) is 17.6 Å². The average molecular weight is 264 g/mol. The van der Waals surface area contributed by atoms with E-state index in [2.05, 4.69) is 18.7 Å². The van der Waals surface area contributed by atoms with Gasteiger partial charge in [0.15, 0.2) is 0 Å². The maximum Gasteiger partial charge on any atom is 0.273 e. The van der Waals surface area contributed by atoms with Crippen molar-refractivity contribution < 1.29 is 9.66 Å². The third-order valence-electron chi connectivity index (χ3n) is 3.58. The number of methoxy groups -OCH3 is 1. The highest BCUT2D eigenvalue weighted by atomic mass is 16.6. The van der Waals surface area contributed by atoms with Gasteiger partial charge in [-0.2, -0.15) is 0 Å². The molecule has 1 aromatic carbocycles. The third kappa shape index (κ3) is 2.97. The molecule has 0 spiro atoms. The Morgan fingerprint density at radius 2 is 1.95 bits per heavy atom. The number of benzene rings is 1. The van der Waals surface area contributed by atoms with Gasteiger partial charge in [0.05, 0.1) is 23.8 Å². The molecule has 0 radical (unpaired) electrons. The van der Waals surface area contributed by atoms with Crippen molar-refractivity contribution in [2.24, 2.45) is 11.8 Å². The minimum atomic E-state index is -0.395. The van der Waals surface area contributed by atoms with Crippen LogP contribution in [0.4, 0.5) is 11.4 Å². The summed E-state index contributed by atoms with van der Waals surface area (Å²) >= 11 is 0. The van der Waals surface area contributed by atoms with Gasteiger partial charge in [-0.05, 0) is 24.3 Å². The zero-order valence-corrected chi connectivity index (χ0v) is 11.6. The molecule has 0 bridgehead atoms. The highest BCUT2D eigenvalue weighted by molar-refractivity contribution is 5.62. The highest BCUT2D eigenvalue weighted by Crippen LogP contribution is 2.35. The summed E-state index contributed by atoms with van der Waals surface area (Å²) < 4.78 is 5.31. The lowest BCUT2D eigenvalue weighted by atomic mass is 9.91. The maximum absolute atomic E-state index is 10.8. The number of nitro groups is 1.